The molecule has 0 saturated carbocycles. The molecule has 7 heteroatoms. The van der Waals surface area contributed by atoms with E-state index in [4.69, 9.17) is 25.8 Å². The van der Waals surface area contributed by atoms with Gasteiger partial charge in [0.25, 0.3) is 0 Å². The molecule has 162 valence electrons. The van der Waals surface area contributed by atoms with E-state index in [-0.39, 0.29) is 5.41 Å². The lowest BCUT2D eigenvalue weighted by molar-refractivity contribution is 0.0509. The van der Waals surface area contributed by atoms with Gasteiger partial charge in [-0.1, -0.05) is 29.8 Å². The summed E-state index contributed by atoms with van der Waals surface area (Å²) in [7, 11) is 3.56. The first kappa shape index (κ1) is 22.3. The van der Waals surface area contributed by atoms with Crippen LogP contribution in [0.2, 0.25) is 5.02 Å². The molecule has 6 nitrogen and oxygen atoms in total. The highest BCUT2D eigenvalue weighted by molar-refractivity contribution is 6.31. The third-order valence-corrected chi connectivity index (χ3v) is 6.39. The van der Waals surface area contributed by atoms with E-state index in [0.717, 1.165) is 69.7 Å². The second kappa shape index (κ2) is 11.2. The van der Waals surface area contributed by atoms with Crippen LogP contribution in [0.25, 0.3) is 0 Å². The molecule has 1 aromatic carbocycles. The van der Waals surface area contributed by atoms with Crippen molar-refractivity contribution in [3.8, 4) is 0 Å². The van der Waals surface area contributed by atoms with Crippen LogP contribution >= 0.6 is 11.6 Å². The molecule has 1 aromatic rings. The third kappa shape index (κ3) is 5.85. The Hall–Kier alpha value is -1.34. The summed E-state index contributed by atoms with van der Waals surface area (Å²) in [5.74, 6) is 1.49. The van der Waals surface area contributed by atoms with Crippen LogP contribution in [-0.2, 0) is 19.6 Å². The topological polar surface area (TPSA) is 55.3 Å². The van der Waals surface area contributed by atoms with E-state index in [1.807, 2.05) is 19.2 Å². The van der Waals surface area contributed by atoms with Crippen LogP contribution in [0, 0.1) is 5.92 Å². The zero-order chi connectivity index (χ0) is 20.5. The molecule has 0 amide bonds. The van der Waals surface area contributed by atoms with E-state index in [1.54, 1.807) is 7.11 Å². The minimum atomic E-state index is -0.0328. The fourth-order valence-electron chi connectivity index (χ4n) is 4.33. The zero-order valence-electron chi connectivity index (χ0n) is 17.7. The lowest BCUT2D eigenvalue weighted by Gasteiger charge is -2.39. The van der Waals surface area contributed by atoms with E-state index in [2.05, 4.69) is 27.3 Å². The minimum Gasteiger partial charge on any atom is -0.382 e. The number of hydrogen-bond donors (Lipinski definition) is 1. The maximum atomic E-state index is 6.58. The first-order valence-electron chi connectivity index (χ1n) is 10.5. The number of methoxy groups -OCH3 is 1. The fraction of sp³-hybridized carbons (Fsp3) is 0.682. The highest BCUT2D eigenvalue weighted by atomic mass is 35.5. The number of aliphatic imine (C=N–C) groups is 1. The van der Waals surface area contributed by atoms with E-state index >= 15 is 0 Å². The van der Waals surface area contributed by atoms with Crippen LogP contribution < -0.4 is 5.32 Å². The Labute approximate surface area is 179 Å². The van der Waals surface area contributed by atoms with Crippen LogP contribution in [-0.4, -0.2) is 77.7 Å². The largest absolute Gasteiger partial charge is 0.382 e. The van der Waals surface area contributed by atoms with Crippen molar-refractivity contribution >= 4 is 17.6 Å². The van der Waals surface area contributed by atoms with Gasteiger partial charge in [-0.05, 0) is 30.9 Å². The quantitative estimate of drug-likeness (QED) is 0.396. The second-order valence-corrected chi connectivity index (χ2v) is 8.35. The highest BCUT2D eigenvalue weighted by Crippen LogP contribution is 2.38. The molecule has 29 heavy (non-hydrogen) atoms. The molecule has 1 N–H and O–H groups in total. The fourth-order valence-corrected chi connectivity index (χ4v) is 4.66. The molecule has 0 aliphatic carbocycles. The summed E-state index contributed by atoms with van der Waals surface area (Å²) in [4.78, 5) is 6.89. The second-order valence-electron chi connectivity index (χ2n) is 7.94. The SMILES string of the molecule is CN=C(NCC1(c2ccccc2Cl)CCOCC1)N1CCC(COCCOC)C1. The summed E-state index contributed by atoms with van der Waals surface area (Å²) in [6.07, 6.45) is 3.03. The predicted octanol–water partition coefficient (Wildman–Crippen LogP) is 2.95. The number of likely N-dealkylation sites (tertiary alicyclic amines) is 1. The summed E-state index contributed by atoms with van der Waals surface area (Å²) in [6, 6.07) is 8.20. The number of halogens is 1. The summed E-state index contributed by atoms with van der Waals surface area (Å²) in [5, 5.41) is 4.48. The summed E-state index contributed by atoms with van der Waals surface area (Å²) in [6.45, 7) is 6.37. The van der Waals surface area contributed by atoms with Crippen molar-refractivity contribution in [3.05, 3.63) is 34.9 Å². The average molecular weight is 424 g/mol. The standard InChI is InChI=1S/C22H34ClN3O3/c1-24-21(26-10-7-18(15-26)16-29-14-13-27-2)25-17-22(8-11-28-12-9-22)19-5-3-4-6-20(19)23/h3-6,18H,7-17H2,1-2H3,(H,24,25). The Morgan fingerprint density at radius 3 is 2.83 bits per heavy atom. The van der Waals surface area contributed by atoms with E-state index in [1.165, 1.54) is 5.56 Å². The van der Waals surface area contributed by atoms with Gasteiger partial charge in [-0.2, -0.15) is 0 Å². The molecule has 2 heterocycles. The van der Waals surface area contributed by atoms with Gasteiger partial charge in [0.2, 0.25) is 0 Å². The van der Waals surface area contributed by atoms with Gasteiger partial charge in [0.1, 0.15) is 0 Å². The smallest absolute Gasteiger partial charge is 0.193 e. The Bertz CT molecular complexity index is 664. The van der Waals surface area contributed by atoms with Gasteiger partial charge in [0.05, 0.1) is 19.8 Å². The minimum absolute atomic E-state index is 0.0328. The summed E-state index contributed by atoms with van der Waals surface area (Å²) >= 11 is 6.58. The molecule has 1 atom stereocenters. The third-order valence-electron chi connectivity index (χ3n) is 6.06. The molecule has 2 fully saturated rings. The lowest BCUT2D eigenvalue weighted by Crippen LogP contribution is -2.49. The molecule has 0 radical (unpaired) electrons. The van der Waals surface area contributed by atoms with E-state index < -0.39 is 0 Å². The monoisotopic (exact) mass is 423 g/mol. The van der Waals surface area contributed by atoms with Gasteiger partial charge in [-0.15, -0.1) is 0 Å². The number of ether oxygens (including phenoxy) is 3. The van der Waals surface area contributed by atoms with Gasteiger partial charge in [0, 0.05) is 63.4 Å². The molecular weight excluding hydrogens is 390 g/mol. The summed E-state index contributed by atoms with van der Waals surface area (Å²) < 4.78 is 16.4. The number of hydrogen-bond acceptors (Lipinski definition) is 4. The molecule has 3 rings (SSSR count). The van der Waals surface area contributed by atoms with Crippen LogP contribution in [0.5, 0.6) is 0 Å². The molecule has 0 aromatic heterocycles. The Balaban J connectivity index is 1.59. The summed E-state index contributed by atoms with van der Waals surface area (Å²) in [5.41, 5.74) is 1.17. The Morgan fingerprint density at radius 1 is 1.31 bits per heavy atom. The van der Waals surface area contributed by atoms with Gasteiger partial charge in [0.15, 0.2) is 5.96 Å². The maximum absolute atomic E-state index is 6.58. The van der Waals surface area contributed by atoms with Crippen LogP contribution in [0.15, 0.2) is 29.3 Å². The van der Waals surface area contributed by atoms with Crippen molar-refractivity contribution in [2.45, 2.75) is 24.7 Å². The van der Waals surface area contributed by atoms with Crippen LogP contribution in [0.1, 0.15) is 24.8 Å². The number of rotatable bonds is 8. The lowest BCUT2D eigenvalue weighted by atomic mass is 9.74. The first-order valence-corrected chi connectivity index (χ1v) is 10.9. The molecule has 0 spiro atoms. The normalized spacial score (nSPS) is 22.1. The van der Waals surface area contributed by atoms with E-state index in [9.17, 15) is 0 Å². The molecule has 2 aliphatic heterocycles. The van der Waals surface area contributed by atoms with Crippen molar-refractivity contribution in [3.63, 3.8) is 0 Å². The number of nitrogens with zero attached hydrogens (tertiary/aromatic N) is 2. The van der Waals surface area contributed by atoms with Gasteiger partial charge >= 0.3 is 0 Å². The van der Waals surface area contributed by atoms with Crippen LogP contribution in [0.3, 0.4) is 0 Å². The molecular formula is C22H34ClN3O3. The predicted molar refractivity (Wildman–Crippen MR) is 117 cm³/mol. The van der Waals surface area contributed by atoms with Crippen molar-refractivity contribution in [1.82, 2.24) is 10.2 Å². The number of nitrogens with one attached hydrogen (secondary N) is 1. The van der Waals surface area contributed by atoms with Crippen molar-refractivity contribution in [2.75, 3.05) is 66.8 Å². The number of benzene rings is 1. The van der Waals surface area contributed by atoms with Gasteiger partial charge < -0.3 is 24.4 Å². The zero-order valence-corrected chi connectivity index (χ0v) is 18.4. The molecule has 1 unspecified atom stereocenters. The van der Waals surface area contributed by atoms with Gasteiger partial charge in [-0.3, -0.25) is 4.99 Å². The Kier molecular flexibility index (Phi) is 8.60. The highest BCUT2D eigenvalue weighted by Gasteiger charge is 2.37. The van der Waals surface area contributed by atoms with Crippen LogP contribution in [0.4, 0.5) is 0 Å². The Morgan fingerprint density at radius 2 is 2.10 bits per heavy atom. The van der Waals surface area contributed by atoms with Gasteiger partial charge in [-0.25, -0.2) is 0 Å². The van der Waals surface area contributed by atoms with Crippen molar-refractivity contribution in [1.29, 1.82) is 0 Å². The molecule has 2 saturated heterocycles. The van der Waals surface area contributed by atoms with E-state index in [0.29, 0.717) is 19.1 Å². The molecule has 2 aliphatic rings. The number of guanidine groups is 1. The maximum Gasteiger partial charge on any atom is 0.193 e. The first-order chi connectivity index (χ1) is 14.2. The van der Waals surface area contributed by atoms with Crippen molar-refractivity contribution < 1.29 is 14.2 Å². The molecule has 0 bridgehead atoms. The average Bonchev–Trinajstić information content (AvgIpc) is 3.21. The van der Waals surface area contributed by atoms with Crippen molar-refractivity contribution in [2.24, 2.45) is 10.9 Å².